The maximum Gasteiger partial charge on any atom is 0.0992 e. The number of fused-ring (bicyclic) bond motifs is 6. The van der Waals surface area contributed by atoms with Gasteiger partial charge < -0.3 is 0 Å². The molecule has 0 unspecified atom stereocenters. The van der Waals surface area contributed by atoms with Gasteiger partial charge in [-0.1, -0.05) is 60.7 Å². The van der Waals surface area contributed by atoms with Crippen LogP contribution in [0.15, 0.2) is 121 Å². The molecule has 0 atom stereocenters. The minimum Gasteiger partial charge on any atom is -0.192 e. The van der Waals surface area contributed by atoms with Crippen molar-refractivity contribution in [3.8, 4) is 45.5 Å². The van der Waals surface area contributed by atoms with Crippen LogP contribution in [0.25, 0.3) is 73.7 Å². The van der Waals surface area contributed by atoms with Crippen molar-refractivity contribution in [2.45, 2.75) is 0 Å². The van der Waals surface area contributed by atoms with Gasteiger partial charge in [-0.3, -0.25) is 0 Å². The fraction of sp³-hybridized carbons (Fsp3) is 0. The van der Waals surface area contributed by atoms with Crippen molar-refractivity contribution in [1.82, 2.24) is 0 Å². The highest BCUT2D eigenvalue weighted by Crippen LogP contribution is 2.45. The Bertz CT molecular complexity index is 2290. The van der Waals surface area contributed by atoms with Gasteiger partial charge in [-0.2, -0.15) is 10.5 Å². The van der Waals surface area contributed by atoms with E-state index in [0.29, 0.717) is 11.1 Å². The molecule has 0 aliphatic heterocycles. The molecule has 0 saturated carbocycles. The summed E-state index contributed by atoms with van der Waals surface area (Å²) >= 11 is 3.60. The van der Waals surface area contributed by atoms with Gasteiger partial charge in [-0.05, 0) is 94.0 Å². The van der Waals surface area contributed by atoms with Crippen molar-refractivity contribution >= 4 is 63.0 Å². The zero-order valence-corrected chi connectivity index (χ0v) is 23.9. The third kappa shape index (κ3) is 3.90. The second-order valence-corrected chi connectivity index (χ2v) is 12.5. The first kappa shape index (κ1) is 24.5. The lowest BCUT2D eigenvalue weighted by Crippen LogP contribution is -1.93. The fourth-order valence-electron chi connectivity index (χ4n) is 5.97. The second kappa shape index (κ2) is 9.68. The zero-order valence-electron chi connectivity index (χ0n) is 22.3. The third-order valence-electron chi connectivity index (χ3n) is 7.95. The Morgan fingerprint density at radius 3 is 1.36 bits per heavy atom. The van der Waals surface area contributed by atoms with E-state index in [0.717, 1.165) is 33.4 Å². The minimum atomic E-state index is 0.614. The van der Waals surface area contributed by atoms with Crippen molar-refractivity contribution in [2.75, 3.05) is 0 Å². The molecule has 2 heterocycles. The average Bonchev–Trinajstić information content (AvgIpc) is 3.61. The Kier molecular flexibility index (Phi) is 5.66. The lowest BCUT2D eigenvalue weighted by molar-refractivity contribution is 1.47. The second-order valence-electron chi connectivity index (χ2n) is 10.4. The van der Waals surface area contributed by atoms with Crippen LogP contribution in [0.1, 0.15) is 11.1 Å². The topological polar surface area (TPSA) is 47.6 Å². The highest BCUT2D eigenvalue weighted by Gasteiger charge is 2.18. The SMILES string of the molecule is N#Cc1ccc(-c2c(-c3ccc4sc5ccccc5c4c3)cc(C#N)cc2-c2ccc3sc4ccccc4c3c2)cc1. The van der Waals surface area contributed by atoms with E-state index in [9.17, 15) is 10.5 Å². The number of thiophene rings is 2. The number of rotatable bonds is 3. The van der Waals surface area contributed by atoms with Crippen molar-refractivity contribution in [2.24, 2.45) is 0 Å². The van der Waals surface area contributed by atoms with E-state index in [1.54, 1.807) is 22.7 Å². The van der Waals surface area contributed by atoms with E-state index >= 15 is 0 Å². The highest BCUT2D eigenvalue weighted by molar-refractivity contribution is 7.26. The molecule has 2 aromatic heterocycles. The van der Waals surface area contributed by atoms with Gasteiger partial charge in [-0.25, -0.2) is 0 Å². The average molecular weight is 569 g/mol. The van der Waals surface area contributed by atoms with Crippen molar-refractivity contribution in [1.29, 1.82) is 10.5 Å². The molecule has 0 aliphatic rings. The van der Waals surface area contributed by atoms with Gasteiger partial charge in [0.05, 0.1) is 23.3 Å². The van der Waals surface area contributed by atoms with Gasteiger partial charge >= 0.3 is 0 Å². The molecule has 0 amide bonds. The van der Waals surface area contributed by atoms with Crippen molar-refractivity contribution in [3.63, 3.8) is 0 Å². The Hall–Kier alpha value is -5.26. The molecule has 0 bridgehead atoms. The maximum atomic E-state index is 10.2. The zero-order chi connectivity index (χ0) is 28.2. The number of hydrogen-bond donors (Lipinski definition) is 0. The molecule has 0 saturated heterocycles. The van der Waals surface area contributed by atoms with E-state index in [2.05, 4.69) is 97.1 Å². The van der Waals surface area contributed by atoms with Crippen LogP contribution in [0.3, 0.4) is 0 Å². The summed E-state index contributed by atoms with van der Waals surface area (Å²) in [6.07, 6.45) is 0. The molecule has 4 heteroatoms. The first-order valence-electron chi connectivity index (χ1n) is 13.6. The lowest BCUT2D eigenvalue weighted by atomic mass is 9.85. The van der Waals surface area contributed by atoms with Crippen LogP contribution in [-0.4, -0.2) is 0 Å². The molecule has 0 fully saturated rings. The van der Waals surface area contributed by atoms with E-state index < -0.39 is 0 Å². The molecule has 2 nitrogen and oxygen atoms in total. The maximum absolute atomic E-state index is 10.2. The molecule has 194 valence electrons. The van der Waals surface area contributed by atoms with Gasteiger partial charge in [-0.15, -0.1) is 22.7 Å². The molecule has 6 aromatic carbocycles. The van der Waals surface area contributed by atoms with Gasteiger partial charge in [0.15, 0.2) is 0 Å². The Labute approximate surface area is 250 Å². The standard InChI is InChI=1S/C38H20N2S2/c39-21-23-9-11-25(12-10-23)38-30(26-13-15-36-32(19-26)28-5-1-3-7-34(28)41-36)17-24(22-40)18-31(38)27-14-16-37-33(20-27)29-6-2-4-8-35(29)42-37/h1-20H. The predicted molar refractivity (Wildman–Crippen MR) is 178 cm³/mol. The smallest absolute Gasteiger partial charge is 0.0992 e. The molecule has 8 aromatic rings. The summed E-state index contributed by atoms with van der Waals surface area (Å²) in [4.78, 5) is 0. The summed E-state index contributed by atoms with van der Waals surface area (Å²) in [6.45, 7) is 0. The first-order chi connectivity index (χ1) is 20.7. The summed E-state index contributed by atoms with van der Waals surface area (Å²) in [6, 6.07) is 46.7. The van der Waals surface area contributed by atoms with Crippen LogP contribution in [0.5, 0.6) is 0 Å². The minimum absolute atomic E-state index is 0.614. The third-order valence-corrected chi connectivity index (χ3v) is 10.2. The van der Waals surface area contributed by atoms with Gasteiger partial charge in [0.25, 0.3) is 0 Å². The predicted octanol–water partition coefficient (Wildman–Crippen LogP) is 11.2. The molecule has 8 rings (SSSR count). The van der Waals surface area contributed by atoms with Crippen molar-refractivity contribution < 1.29 is 0 Å². The molecule has 0 aliphatic carbocycles. The van der Waals surface area contributed by atoms with Gasteiger partial charge in [0, 0.05) is 40.3 Å². The Morgan fingerprint density at radius 1 is 0.405 bits per heavy atom. The molecule has 42 heavy (non-hydrogen) atoms. The number of nitrogens with zero attached hydrogens (tertiary/aromatic N) is 2. The van der Waals surface area contributed by atoms with Gasteiger partial charge in [0.1, 0.15) is 0 Å². The quantitative estimate of drug-likeness (QED) is 0.213. The summed E-state index contributed by atoms with van der Waals surface area (Å²) in [5, 5.41) is 24.6. The number of benzene rings is 6. The van der Waals surface area contributed by atoms with Crippen LogP contribution in [-0.2, 0) is 0 Å². The van der Waals surface area contributed by atoms with Crippen LogP contribution < -0.4 is 0 Å². The summed E-state index contributed by atoms with van der Waals surface area (Å²) in [7, 11) is 0. The van der Waals surface area contributed by atoms with E-state index in [4.69, 9.17) is 0 Å². The lowest BCUT2D eigenvalue weighted by Gasteiger charge is -2.18. The van der Waals surface area contributed by atoms with E-state index in [1.807, 2.05) is 36.4 Å². The Balaban J connectivity index is 1.44. The van der Waals surface area contributed by atoms with Crippen LogP contribution in [0.4, 0.5) is 0 Å². The van der Waals surface area contributed by atoms with Crippen LogP contribution in [0.2, 0.25) is 0 Å². The summed E-state index contributed by atoms with van der Waals surface area (Å²) in [5.41, 5.74) is 7.42. The number of hydrogen-bond acceptors (Lipinski definition) is 4. The van der Waals surface area contributed by atoms with Crippen molar-refractivity contribution in [3.05, 3.63) is 132 Å². The summed E-state index contributed by atoms with van der Waals surface area (Å²) in [5.74, 6) is 0. The molecular formula is C38H20N2S2. The fourth-order valence-corrected chi connectivity index (χ4v) is 8.14. The monoisotopic (exact) mass is 568 g/mol. The van der Waals surface area contributed by atoms with Crippen LogP contribution >= 0.6 is 22.7 Å². The normalized spacial score (nSPS) is 11.3. The molecule has 0 N–H and O–H groups in total. The first-order valence-corrected chi connectivity index (χ1v) is 15.3. The summed E-state index contributed by atoms with van der Waals surface area (Å²) < 4.78 is 5.01. The largest absolute Gasteiger partial charge is 0.192 e. The molecule has 0 radical (unpaired) electrons. The van der Waals surface area contributed by atoms with E-state index in [-0.39, 0.29) is 0 Å². The highest BCUT2D eigenvalue weighted by atomic mass is 32.1. The van der Waals surface area contributed by atoms with E-state index in [1.165, 1.54) is 40.3 Å². The molecule has 0 spiro atoms. The van der Waals surface area contributed by atoms with Gasteiger partial charge in [0.2, 0.25) is 0 Å². The van der Waals surface area contributed by atoms with Crippen LogP contribution in [0, 0.1) is 22.7 Å². The molecular weight excluding hydrogens is 549 g/mol. The Morgan fingerprint density at radius 2 is 0.857 bits per heavy atom. The number of nitriles is 2.